The van der Waals surface area contributed by atoms with Gasteiger partial charge in [-0.25, -0.2) is 0 Å². The Kier molecular flexibility index (Phi) is 6.18. The van der Waals surface area contributed by atoms with Gasteiger partial charge in [0, 0.05) is 28.0 Å². The van der Waals surface area contributed by atoms with Crippen LogP contribution in [-0.2, 0) is 6.42 Å². The minimum atomic E-state index is -0.225. The average Bonchev–Trinajstić information content (AvgIpc) is 2.80. The van der Waals surface area contributed by atoms with Gasteiger partial charge in [-0.15, -0.1) is 0 Å². The number of pyridine rings is 1. The summed E-state index contributed by atoms with van der Waals surface area (Å²) in [5.41, 5.74) is 1.95. The summed E-state index contributed by atoms with van der Waals surface area (Å²) in [7, 11) is 1.55. The number of fused-ring (bicyclic) bond motifs is 1. The lowest BCUT2D eigenvalue weighted by molar-refractivity contribution is 0.0955. The molecule has 156 valence electrons. The molecule has 0 saturated carbocycles. The maximum absolute atomic E-state index is 13.2. The highest BCUT2D eigenvalue weighted by Crippen LogP contribution is 2.27. The quantitative estimate of drug-likeness (QED) is 0.437. The summed E-state index contributed by atoms with van der Waals surface area (Å²) < 4.78 is 7.78. The lowest BCUT2D eigenvalue weighted by atomic mass is 10.1. The number of carbonyl (C=O) groups excluding carboxylic acids is 1. The topological polar surface area (TPSA) is 60.3 Å². The van der Waals surface area contributed by atoms with E-state index in [1.54, 1.807) is 43.6 Å². The van der Waals surface area contributed by atoms with Crippen molar-refractivity contribution in [2.24, 2.45) is 0 Å². The molecule has 0 aliphatic heterocycles. The van der Waals surface area contributed by atoms with E-state index in [4.69, 9.17) is 4.74 Å². The lowest BCUT2D eigenvalue weighted by Crippen LogP contribution is -2.28. The predicted molar refractivity (Wildman–Crippen MR) is 126 cm³/mol. The third-order valence-corrected chi connectivity index (χ3v) is 5.61. The van der Waals surface area contributed by atoms with Gasteiger partial charge >= 0.3 is 0 Å². The van der Waals surface area contributed by atoms with Crippen LogP contribution in [0.4, 0.5) is 0 Å². The lowest BCUT2D eigenvalue weighted by Gasteiger charge is -2.15. The first kappa shape index (κ1) is 20.9. The molecule has 6 heteroatoms. The van der Waals surface area contributed by atoms with Gasteiger partial charge in [0.15, 0.2) is 0 Å². The number of nitrogens with zero attached hydrogens (tertiary/aromatic N) is 1. The molecule has 1 heterocycles. The SMILES string of the molecule is COc1cc(Br)ccc1-n1cc(C(=O)NCCc2ccccc2)c2ccccc2c1=O. The number of nitrogens with one attached hydrogen (secondary N) is 1. The van der Waals surface area contributed by atoms with Crippen LogP contribution in [0, 0.1) is 0 Å². The highest BCUT2D eigenvalue weighted by atomic mass is 79.9. The Bertz CT molecular complexity index is 1300. The van der Waals surface area contributed by atoms with Crippen LogP contribution >= 0.6 is 15.9 Å². The molecule has 5 nitrogen and oxygen atoms in total. The van der Waals surface area contributed by atoms with Crippen molar-refractivity contribution >= 4 is 32.6 Å². The van der Waals surface area contributed by atoms with E-state index in [0.29, 0.717) is 34.3 Å². The van der Waals surface area contributed by atoms with Crippen molar-refractivity contribution in [2.45, 2.75) is 6.42 Å². The normalized spacial score (nSPS) is 10.8. The van der Waals surface area contributed by atoms with Crippen LogP contribution in [0.5, 0.6) is 5.75 Å². The largest absolute Gasteiger partial charge is 0.495 e. The van der Waals surface area contributed by atoms with Gasteiger partial charge in [0.2, 0.25) is 0 Å². The van der Waals surface area contributed by atoms with Crippen LogP contribution in [0.25, 0.3) is 16.5 Å². The molecular formula is C25H21BrN2O3. The number of hydrogen-bond acceptors (Lipinski definition) is 3. The van der Waals surface area contributed by atoms with Crippen LogP contribution in [0.1, 0.15) is 15.9 Å². The van der Waals surface area contributed by atoms with Gasteiger partial charge in [0.05, 0.1) is 18.4 Å². The molecule has 0 radical (unpaired) electrons. The number of halogens is 1. The van der Waals surface area contributed by atoms with Gasteiger partial charge in [-0.3, -0.25) is 14.2 Å². The van der Waals surface area contributed by atoms with Gasteiger partial charge in [0.25, 0.3) is 11.5 Å². The highest BCUT2D eigenvalue weighted by Gasteiger charge is 2.17. The molecule has 0 unspecified atom stereocenters. The third kappa shape index (κ3) is 4.39. The summed E-state index contributed by atoms with van der Waals surface area (Å²) in [5.74, 6) is 0.305. The fourth-order valence-corrected chi connectivity index (χ4v) is 3.90. The number of carbonyl (C=O) groups is 1. The van der Waals surface area contributed by atoms with E-state index < -0.39 is 0 Å². The van der Waals surface area contributed by atoms with E-state index in [9.17, 15) is 9.59 Å². The maximum Gasteiger partial charge on any atom is 0.263 e. The third-order valence-electron chi connectivity index (χ3n) is 5.11. The molecule has 0 spiro atoms. The summed E-state index contributed by atoms with van der Waals surface area (Å²) in [6, 6.07) is 22.5. The molecule has 0 atom stereocenters. The first-order valence-electron chi connectivity index (χ1n) is 9.89. The highest BCUT2D eigenvalue weighted by molar-refractivity contribution is 9.10. The van der Waals surface area contributed by atoms with Crippen molar-refractivity contribution in [1.82, 2.24) is 9.88 Å². The molecule has 31 heavy (non-hydrogen) atoms. The number of ether oxygens (including phenoxy) is 1. The van der Waals surface area contributed by atoms with Gasteiger partial charge in [-0.1, -0.05) is 64.5 Å². The van der Waals surface area contributed by atoms with E-state index in [0.717, 1.165) is 16.5 Å². The number of amides is 1. The Hall–Kier alpha value is -3.38. The Balaban J connectivity index is 1.74. The smallest absolute Gasteiger partial charge is 0.263 e. The predicted octanol–water partition coefficient (Wildman–Crippen LogP) is 4.73. The Morgan fingerprint density at radius 2 is 1.71 bits per heavy atom. The minimum Gasteiger partial charge on any atom is -0.495 e. The van der Waals surface area contributed by atoms with Gasteiger partial charge < -0.3 is 10.1 Å². The minimum absolute atomic E-state index is 0.211. The maximum atomic E-state index is 13.2. The summed E-state index contributed by atoms with van der Waals surface area (Å²) in [6.45, 7) is 0.498. The Morgan fingerprint density at radius 1 is 1.00 bits per heavy atom. The van der Waals surface area contributed by atoms with Crippen molar-refractivity contribution in [2.75, 3.05) is 13.7 Å². The zero-order valence-electron chi connectivity index (χ0n) is 17.0. The molecule has 0 saturated heterocycles. The van der Waals surface area contributed by atoms with Crippen LogP contribution in [-0.4, -0.2) is 24.1 Å². The molecule has 4 rings (SSSR count). The van der Waals surface area contributed by atoms with Crippen LogP contribution in [0.2, 0.25) is 0 Å². The van der Waals surface area contributed by atoms with E-state index in [1.165, 1.54) is 4.57 Å². The molecule has 0 aliphatic rings. The second kappa shape index (κ2) is 9.18. The monoisotopic (exact) mass is 476 g/mol. The van der Waals surface area contributed by atoms with Gasteiger partial charge in [0.1, 0.15) is 5.75 Å². The second-order valence-corrected chi connectivity index (χ2v) is 7.99. The van der Waals surface area contributed by atoms with Crippen molar-refractivity contribution in [1.29, 1.82) is 0 Å². The number of methoxy groups -OCH3 is 1. The van der Waals surface area contributed by atoms with E-state index in [-0.39, 0.29) is 11.5 Å². The van der Waals surface area contributed by atoms with E-state index in [1.807, 2.05) is 42.5 Å². The van der Waals surface area contributed by atoms with Crippen molar-refractivity contribution in [3.8, 4) is 11.4 Å². The first-order chi connectivity index (χ1) is 15.1. The summed E-state index contributed by atoms with van der Waals surface area (Å²) >= 11 is 3.42. The summed E-state index contributed by atoms with van der Waals surface area (Å²) in [4.78, 5) is 26.3. The van der Waals surface area contributed by atoms with Crippen molar-refractivity contribution < 1.29 is 9.53 Å². The molecular weight excluding hydrogens is 456 g/mol. The fraction of sp³-hybridized carbons (Fsp3) is 0.120. The number of aromatic nitrogens is 1. The number of rotatable bonds is 6. The van der Waals surface area contributed by atoms with Gasteiger partial charge in [-0.05, 0) is 36.2 Å². The summed E-state index contributed by atoms with van der Waals surface area (Å²) in [6.07, 6.45) is 2.32. The molecule has 0 fully saturated rings. The van der Waals surface area contributed by atoms with Gasteiger partial charge in [-0.2, -0.15) is 0 Å². The summed E-state index contributed by atoms with van der Waals surface area (Å²) in [5, 5.41) is 4.08. The Labute approximate surface area is 188 Å². The molecule has 1 N–H and O–H groups in total. The second-order valence-electron chi connectivity index (χ2n) is 7.07. The molecule has 1 amide bonds. The van der Waals surface area contributed by atoms with Crippen molar-refractivity contribution in [3.05, 3.63) is 105 Å². The van der Waals surface area contributed by atoms with Crippen LogP contribution in [0.15, 0.2) is 88.3 Å². The van der Waals surface area contributed by atoms with E-state index >= 15 is 0 Å². The first-order valence-corrected chi connectivity index (χ1v) is 10.7. The number of hydrogen-bond donors (Lipinski definition) is 1. The van der Waals surface area contributed by atoms with Crippen molar-refractivity contribution in [3.63, 3.8) is 0 Å². The van der Waals surface area contributed by atoms with E-state index in [2.05, 4.69) is 21.2 Å². The fourth-order valence-electron chi connectivity index (χ4n) is 3.56. The molecule has 0 aliphatic carbocycles. The number of benzene rings is 3. The average molecular weight is 477 g/mol. The molecule has 0 bridgehead atoms. The van der Waals surface area contributed by atoms with Crippen LogP contribution in [0.3, 0.4) is 0 Å². The Morgan fingerprint density at radius 3 is 2.45 bits per heavy atom. The molecule has 4 aromatic rings. The zero-order chi connectivity index (χ0) is 21.8. The van der Waals surface area contributed by atoms with Crippen LogP contribution < -0.4 is 15.6 Å². The standard InChI is InChI=1S/C25H21BrN2O3/c1-31-23-15-18(26)11-12-22(23)28-16-21(19-9-5-6-10-20(19)25(28)30)24(29)27-14-13-17-7-3-2-4-8-17/h2-12,15-16H,13-14H2,1H3,(H,27,29). The molecule has 3 aromatic carbocycles. The zero-order valence-corrected chi connectivity index (χ0v) is 18.6. The molecule has 1 aromatic heterocycles.